The summed E-state index contributed by atoms with van der Waals surface area (Å²) in [5.41, 5.74) is 2.57. The fraction of sp³-hybridized carbons (Fsp3) is 0.526. The Morgan fingerprint density at radius 2 is 1.92 bits per heavy atom. The van der Waals surface area contributed by atoms with E-state index in [2.05, 4.69) is 82.5 Å². The van der Waals surface area contributed by atoms with Crippen molar-refractivity contribution in [2.24, 2.45) is 4.99 Å². The lowest BCUT2D eigenvalue weighted by Crippen LogP contribution is -2.39. The minimum Gasteiger partial charge on any atom is -0.357 e. The molecule has 2 rings (SSSR count). The molecule has 0 unspecified atom stereocenters. The SMILES string of the molecule is CCNC(=NCc1ccccc1CN(C)C)NCCn1cnnc1CC. The van der Waals surface area contributed by atoms with E-state index >= 15 is 0 Å². The van der Waals surface area contributed by atoms with Crippen molar-refractivity contribution < 1.29 is 0 Å². The van der Waals surface area contributed by atoms with Crippen LogP contribution in [0.4, 0.5) is 0 Å². The van der Waals surface area contributed by atoms with E-state index in [-0.39, 0.29) is 0 Å². The van der Waals surface area contributed by atoms with Crippen molar-refractivity contribution in [3.63, 3.8) is 0 Å². The molecule has 0 saturated carbocycles. The highest BCUT2D eigenvalue weighted by atomic mass is 15.3. The molecule has 142 valence electrons. The van der Waals surface area contributed by atoms with Crippen molar-refractivity contribution in [2.75, 3.05) is 27.2 Å². The number of hydrogen-bond acceptors (Lipinski definition) is 4. The Kier molecular flexibility index (Phi) is 8.08. The quantitative estimate of drug-likeness (QED) is 0.528. The van der Waals surface area contributed by atoms with E-state index in [0.717, 1.165) is 44.4 Å². The first-order valence-electron chi connectivity index (χ1n) is 9.24. The van der Waals surface area contributed by atoms with Gasteiger partial charge in [0.2, 0.25) is 0 Å². The molecule has 0 aliphatic rings. The Balaban J connectivity index is 1.96. The minimum atomic E-state index is 0.659. The van der Waals surface area contributed by atoms with E-state index in [1.54, 1.807) is 6.33 Å². The summed E-state index contributed by atoms with van der Waals surface area (Å²) in [5, 5.41) is 14.8. The summed E-state index contributed by atoms with van der Waals surface area (Å²) in [6, 6.07) is 8.47. The Morgan fingerprint density at radius 3 is 2.62 bits per heavy atom. The summed E-state index contributed by atoms with van der Waals surface area (Å²) < 4.78 is 2.07. The molecule has 26 heavy (non-hydrogen) atoms. The van der Waals surface area contributed by atoms with Crippen LogP contribution in [-0.4, -0.2) is 52.8 Å². The van der Waals surface area contributed by atoms with Gasteiger partial charge in [-0.05, 0) is 32.1 Å². The summed E-state index contributed by atoms with van der Waals surface area (Å²) in [6.45, 7) is 8.16. The summed E-state index contributed by atoms with van der Waals surface area (Å²) >= 11 is 0. The molecule has 0 aliphatic carbocycles. The predicted octanol–water partition coefficient (Wildman–Crippen LogP) is 1.66. The van der Waals surface area contributed by atoms with Gasteiger partial charge in [-0.3, -0.25) is 0 Å². The van der Waals surface area contributed by atoms with E-state index in [1.807, 2.05) is 0 Å². The van der Waals surface area contributed by atoms with Crippen LogP contribution in [0.3, 0.4) is 0 Å². The van der Waals surface area contributed by atoms with Crippen molar-refractivity contribution >= 4 is 5.96 Å². The van der Waals surface area contributed by atoms with Crippen molar-refractivity contribution in [1.82, 2.24) is 30.3 Å². The van der Waals surface area contributed by atoms with Crippen LogP contribution in [0.25, 0.3) is 0 Å². The lowest BCUT2D eigenvalue weighted by Gasteiger charge is -2.15. The van der Waals surface area contributed by atoms with Crippen LogP contribution in [0.15, 0.2) is 35.6 Å². The van der Waals surface area contributed by atoms with E-state index in [0.29, 0.717) is 6.54 Å². The summed E-state index contributed by atoms with van der Waals surface area (Å²) in [5.74, 6) is 1.84. The average Bonchev–Trinajstić information content (AvgIpc) is 3.08. The van der Waals surface area contributed by atoms with Gasteiger partial charge >= 0.3 is 0 Å². The smallest absolute Gasteiger partial charge is 0.191 e. The van der Waals surface area contributed by atoms with Crippen molar-refractivity contribution in [2.45, 2.75) is 39.9 Å². The van der Waals surface area contributed by atoms with Gasteiger partial charge in [-0.15, -0.1) is 10.2 Å². The molecule has 1 heterocycles. The van der Waals surface area contributed by atoms with Crippen LogP contribution in [0.5, 0.6) is 0 Å². The molecule has 1 aromatic heterocycles. The van der Waals surface area contributed by atoms with Crippen molar-refractivity contribution in [3.05, 3.63) is 47.5 Å². The van der Waals surface area contributed by atoms with Crippen LogP contribution in [0, 0.1) is 0 Å². The predicted molar refractivity (Wildman–Crippen MR) is 106 cm³/mol. The lowest BCUT2D eigenvalue weighted by atomic mass is 10.1. The molecule has 2 N–H and O–H groups in total. The second kappa shape index (κ2) is 10.6. The van der Waals surface area contributed by atoms with E-state index in [9.17, 15) is 0 Å². The number of nitrogens with zero attached hydrogens (tertiary/aromatic N) is 5. The van der Waals surface area contributed by atoms with Crippen molar-refractivity contribution in [1.29, 1.82) is 0 Å². The van der Waals surface area contributed by atoms with E-state index in [1.165, 1.54) is 11.1 Å². The maximum absolute atomic E-state index is 4.75. The molecule has 0 fully saturated rings. The summed E-state index contributed by atoms with van der Waals surface area (Å²) in [7, 11) is 4.17. The van der Waals surface area contributed by atoms with Gasteiger partial charge in [-0.1, -0.05) is 31.2 Å². The number of aryl methyl sites for hydroxylation is 1. The zero-order chi connectivity index (χ0) is 18.8. The van der Waals surface area contributed by atoms with Crippen LogP contribution in [0.2, 0.25) is 0 Å². The lowest BCUT2D eigenvalue weighted by molar-refractivity contribution is 0.401. The largest absolute Gasteiger partial charge is 0.357 e. The second-order valence-electron chi connectivity index (χ2n) is 6.42. The standard InChI is InChI=1S/C19H31N7/c1-5-18-24-23-15-26(18)12-11-21-19(20-6-2)22-13-16-9-7-8-10-17(16)14-25(3)4/h7-10,15H,5-6,11-14H2,1-4H3,(H2,20,21,22). The molecule has 0 saturated heterocycles. The van der Waals surface area contributed by atoms with Gasteiger partial charge in [0.15, 0.2) is 5.96 Å². The third-order valence-electron chi connectivity index (χ3n) is 4.01. The number of rotatable bonds is 9. The van der Waals surface area contributed by atoms with Gasteiger partial charge in [0, 0.05) is 32.6 Å². The second-order valence-corrected chi connectivity index (χ2v) is 6.42. The molecule has 0 atom stereocenters. The number of hydrogen-bond donors (Lipinski definition) is 2. The molecule has 0 radical (unpaired) electrons. The number of guanidine groups is 1. The van der Waals surface area contributed by atoms with Crippen LogP contribution in [0.1, 0.15) is 30.8 Å². The molecule has 0 aliphatic heterocycles. The molecule has 1 aromatic carbocycles. The van der Waals surface area contributed by atoms with Gasteiger partial charge in [-0.2, -0.15) is 0 Å². The molecular formula is C19H31N7. The zero-order valence-electron chi connectivity index (χ0n) is 16.4. The minimum absolute atomic E-state index is 0.659. The van der Waals surface area contributed by atoms with Crippen LogP contribution >= 0.6 is 0 Å². The van der Waals surface area contributed by atoms with E-state index < -0.39 is 0 Å². The highest BCUT2D eigenvalue weighted by molar-refractivity contribution is 5.79. The highest BCUT2D eigenvalue weighted by Crippen LogP contribution is 2.11. The third-order valence-corrected chi connectivity index (χ3v) is 4.01. The number of nitrogens with one attached hydrogen (secondary N) is 2. The first-order valence-corrected chi connectivity index (χ1v) is 9.24. The number of aromatic nitrogens is 3. The maximum Gasteiger partial charge on any atom is 0.191 e. The topological polar surface area (TPSA) is 70.4 Å². The molecule has 7 nitrogen and oxygen atoms in total. The summed E-state index contributed by atoms with van der Waals surface area (Å²) in [6.07, 6.45) is 2.67. The first-order chi connectivity index (χ1) is 12.6. The first kappa shape index (κ1) is 19.9. The van der Waals surface area contributed by atoms with Crippen LogP contribution in [-0.2, 0) is 26.1 Å². The third kappa shape index (κ3) is 6.15. The zero-order valence-corrected chi connectivity index (χ0v) is 16.4. The summed E-state index contributed by atoms with van der Waals surface area (Å²) in [4.78, 5) is 6.93. The fourth-order valence-corrected chi connectivity index (χ4v) is 2.75. The van der Waals surface area contributed by atoms with Gasteiger partial charge in [0.1, 0.15) is 12.2 Å². The van der Waals surface area contributed by atoms with Crippen molar-refractivity contribution in [3.8, 4) is 0 Å². The maximum atomic E-state index is 4.75. The van der Waals surface area contributed by atoms with Gasteiger partial charge in [0.25, 0.3) is 0 Å². The number of aliphatic imine (C=N–C) groups is 1. The number of benzene rings is 1. The Hall–Kier alpha value is -2.41. The molecule has 0 bridgehead atoms. The van der Waals surface area contributed by atoms with E-state index in [4.69, 9.17) is 4.99 Å². The Bertz CT molecular complexity index is 691. The monoisotopic (exact) mass is 357 g/mol. The molecule has 2 aromatic rings. The molecule has 0 amide bonds. The molecule has 7 heteroatoms. The normalized spacial score (nSPS) is 11.8. The average molecular weight is 358 g/mol. The Morgan fingerprint density at radius 1 is 1.15 bits per heavy atom. The van der Waals surface area contributed by atoms with Crippen LogP contribution < -0.4 is 10.6 Å². The highest BCUT2D eigenvalue weighted by Gasteiger charge is 2.05. The van der Waals surface area contributed by atoms with Gasteiger partial charge < -0.3 is 20.1 Å². The van der Waals surface area contributed by atoms with Gasteiger partial charge in [-0.25, -0.2) is 4.99 Å². The fourth-order valence-electron chi connectivity index (χ4n) is 2.75. The van der Waals surface area contributed by atoms with Gasteiger partial charge in [0.05, 0.1) is 6.54 Å². The Labute approximate surface area is 156 Å². The molecular weight excluding hydrogens is 326 g/mol. The molecule has 0 spiro atoms.